The van der Waals surface area contributed by atoms with E-state index in [-0.39, 0.29) is 5.22 Å². The topological polar surface area (TPSA) is 49.1 Å². The van der Waals surface area contributed by atoms with Crippen molar-refractivity contribution >= 4 is 11.2 Å². The monoisotopic (exact) mass is 207 g/mol. The molecule has 1 atom stereocenters. The highest BCUT2D eigenvalue weighted by atomic mass is 32.2. The van der Waals surface area contributed by atoms with Gasteiger partial charge in [-0.25, -0.2) is 0 Å². The van der Waals surface area contributed by atoms with Crippen LogP contribution in [-0.2, 0) is 11.2 Å². The molecule has 0 aliphatic heterocycles. The van der Waals surface area contributed by atoms with Crippen LogP contribution in [0, 0.1) is 0 Å². The first-order valence-corrected chi connectivity index (χ1v) is 5.68. The zero-order valence-corrected chi connectivity index (χ0v) is 8.45. The maximum atomic E-state index is 11.0. The fraction of sp³-hybridized carbons (Fsp3) is 0.100. The molecule has 0 N–H and O–H groups in total. The molecule has 1 heterocycles. The quantitative estimate of drug-likeness (QED) is 0.708. The molecule has 0 bridgehead atoms. The molecule has 0 saturated heterocycles. The van der Waals surface area contributed by atoms with Crippen molar-refractivity contribution in [3.8, 4) is 11.3 Å². The van der Waals surface area contributed by atoms with E-state index in [1.54, 1.807) is 12.5 Å². The Kier molecular flexibility index (Phi) is 2.56. The Bertz CT molecular complexity index is 411. The average Bonchev–Trinajstić information content (AvgIpc) is 2.68. The van der Waals surface area contributed by atoms with Crippen LogP contribution >= 0.6 is 0 Å². The van der Waals surface area contributed by atoms with E-state index in [2.05, 4.69) is 4.98 Å². The Hall–Kier alpha value is -1.26. The second-order valence-electron chi connectivity index (χ2n) is 2.81. The summed E-state index contributed by atoms with van der Waals surface area (Å²) >= 11 is -1.16. The molecule has 0 amide bonds. The minimum atomic E-state index is -1.16. The third-order valence-corrected chi connectivity index (χ3v) is 2.47. The van der Waals surface area contributed by atoms with E-state index in [1.807, 2.05) is 30.3 Å². The Morgan fingerprint density at radius 3 is 2.57 bits per heavy atom. The van der Waals surface area contributed by atoms with Crippen molar-refractivity contribution in [3.63, 3.8) is 0 Å². The van der Waals surface area contributed by atoms with Crippen LogP contribution in [-0.4, -0.2) is 15.8 Å². The van der Waals surface area contributed by atoms with Gasteiger partial charge in [-0.05, 0) is 0 Å². The number of nitrogens with zero attached hydrogens (tertiary/aromatic N) is 1. The standard InChI is InChI=1S/C10H9NO2S/c1-14(12)10-11-7-9(13-10)8-5-3-2-4-6-8/h2-7H,1H3. The Morgan fingerprint density at radius 1 is 1.29 bits per heavy atom. The van der Waals surface area contributed by atoms with Crippen LogP contribution in [0.5, 0.6) is 0 Å². The summed E-state index contributed by atoms with van der Waals surface area (Å²) in [6.07, 6.45) is 3.13. The summed E-state index contributed by atoms with van der Waals surface area (Å²) in [6, 6.07) is 9.60. The maximum absolute atomic E-state index is 11.0. The van der Waals surface area contributed by atoms with E-state index in [9.17, 15) is 4.55 Å². The predicted octanol–water partition coefficient (Wildman–Crippen LogP) is 2.08. The molecule has 0 radical (unpaired) electrons. The van der Waals surface area contributed by atoms with Gasteiger partial charge in [-0.2, -0.15) is 4.98 Å². The molecule has 0 aliphatic rings. The van der Waals surface area contributed by atoms with Crippen molar-refractivity contribution in [2.24, 2.45) is 0 Å². The molecule has 4 heteroatoms. The van der Waals surface area contributed by atoms with Gasteiger partial charge in [0.2, 0.25) is 0 Å². The molecule has 1 aromatic carbocycles. The summed E-state index contributed by atoms with van der Waals surface area (Å²) in [5, 5.41) is 0.267. The van der Waals surface area contributed by atoms with Crippen molar-refractivity contribution in [1.29, 1.82) is 0 Å². The zero-order chi connectivity index (χ0) is 9.97. The van der Waals surface area contributed by atoms with E-state index >= 15 is 0 Å². The van der Waals surface area contributed by atoms with E-state index in [0.717, 1.165) is 5.56 Å². The number of oxazole rings is 1. The Labute approximate surface area is 85.0 Å². The van der Waals surface area contributed by atoms with Gasteiger partial charge in [0, 0.05) is 16.7 Å². The van der Waals surface area contributed by atoms with Gasteiger partial charge in [-0.3, -0.25) is 0 Å². The first kappa shape index (κ1) is 9.30. The number of rotatable bonds is 2. The molecule has 0 aliphatic carbocycles. The zero-order valence-electron chi connectivity index (χ0n) is 7.64. The van der Waals surface area contributed by atoms with Gasteiger partial charge in [-0.15, -0.1) is 0 Å². The molecule has 0 fully saturated rings. The predicted molar refractivity (Wildman–Crippen MR) is 54.3 cm³/mol. The smallest absolute Gasteiger partial charge is 0.415 e. The van der Waals surface area contributed by atoms with Crippen LogP contribution in [0.15, 0.2) is 46.2 Å². The fourth-order valence-electron chi connectivity index (χ4n) is 1.13. The van der Waals surface area contributed by atoms with Crippen LogP contribution in [0.25, 0.3) is 11.3 Å². The molecule has 1 aromatic heterocycles. The minimum Gasteiger partial charge on any atom is -0.608 e. The van der Waals surface area contributed by atoms with Crippen LogP contribution in [0.2, 0.25) is 0 Å². The second-order valence-corrected chi connectivity index (χ2v) is 4.07. The third kappa shape index (κ3) is 1.81. The molecule has 0 spiro atoms. The van der Waals surface area contributed by atoms with Gasteiger partial charge in [0.05, 0.1) is 6.20 Å². The molecule has 3 nitrogen and oxygen atoms in total. The van der Waals surface area contributed by atoms with Crippen molar-refractivity contribution in [2.45, 2.75) is 5.22 Å². The molecule has 2 rings (SSSR count). The van der Waals surface area contributed by atoms with Gasteiger partial charge in [0.1, 0.15) is 6.26 Å². The number of benzene rings is 1. The van der Waals surface area contributed by atoms with Crippen molar-refractivity contribution in [2.75, 3.05) is 6.26 Å². The lowest BCUT2D eigenvalue weighted by atomic mass is 10.2. The highest BCUT2D eigenvalue weighted by Crippen LogP contribution is 2.21. The van der Waals surface area contributed by atoms with Gasteiger partial charge in [0.25, 0.3) is 0 Å². The van der Waals surface area contributed by atoms with E-state index < -0.39 is 11.2 Å². The van der Waals surface area contributed by atoms with Crippen LogP contribution in [0.4, 0.5) is 0 Å². The SMILES string of the molecule is C[S+]([O-])c1ncc(-c2ccccc2)o1. The largest absolute Gasteiger partial charge is 0.608 e. The molecular formula is C10H9NO2S. The lowest BCUT2D eigenvalue weighted by molar-refractivity contribution is 0.442. The first-order valence-electron chi connectivity index (χ1n) is 4.12. The number of hydrogen-bond acceptors (Lipinski definition) is 3. The van der Waals surface area contributed by atoms with Gasteiger partial charge in [0.15, 0.2) is 5.76 Å². The average molecular weight is 207 g/mol. The van der Waals surface area contributed by atoms with Gasteiger partial charge < -0.3 is 8.97 Å². The molecule has 2 aromatic rings. The lowest BCUT2D eigenvalue weighted by Gasteiger charge is -1.96. The van der Waals surface area contributed by atoms with E-state index in [1.165, 1.54) is 0 Å². The second kappa shape index (κ2) is 3.86. The van der Waals surface area contributed by atoms with Crippen LogP contribution in [0.3, 0.4) is 0 Å². The van der Waals surface area contributed by atoms with E-state index in [4.69, 9.17) is 4.42 Å². The summed E-state index contributed by atoms with van der Waals surface area (Å²) in [6.45, 7) is 0. The minimum absolute atomic E-state index is 0.267. The Balaban J connectivity index is 2.34. The summed E-state index contributed by atoms with van der Waals surface area (Å²) in [4.78, 5) is 3.93. The van der Waals surface area contributed by atoms with Crippen LogP contribution < -0.4 is 0 Å². The van der Waals surface area contributed by atoms with Gasteiger partial charge >= 0.3 is 5.22 Å². The molecule has 14 heavy (non-hydrogen) atoms. The highest BCUT2D eigenvalue weighted by Gasteiger charge is 2.13. The molecular weight excluding hydrogens is 198 g/mol. The summed E-state index contributed by atoms with van der Waals surface area (Å²) in [5.74, 6) is 0.649. The molecule has 1 unspecified atom stereocenters. The summed E-state index contributed by atoms with van der Waals surface area (Å²) < 4.78 is 16.4. The fourth-order valence-corrected chi connectivity index (χ4v) is 1.54. The van der Waals surface area contributed by atoms with Crippen LogP contribution in [0.1, 0.15) is 0 Å². The molecule has 72 valence electrons. The van der Waals surface area contributed by atoms with Crippen molar-refractivity contribution < 1.29 is 8.97 Å². The number of hydrogen-bond donors (Lipinski definition) is 0. The maximum Gasteiger partial charge on any atom is 0.415 e. The third-order valence-electron chi connectivity index (χ3n) is 1.79. The van der Waals surface area contributed by atoms with Gasteiger partial charge in [-0.1, -0.05) is 30.3 Å². The van der Waals surface area contributed by atoms with Crippen molar-refractivity contribution in [3.05, 3.63) is 36.5 Å². The molecule has 0 saturated carbocycles. The summed E-state index contributed by atoms with van der Waals surface area (Å²) in [7, 11) is 0. The normalized spacial score (nSPS) is 12.7. The highest BCUT2D eigenvalue weighted by molar-refractivity contribution is 7.90. The Morgan fingerprint density at radius 2 is 2.00 bits per heavy atom. The van der Waals surface area contributed by atoms with Crippen molar-refractivity contribution in [1.82, 2.24) is 4.98 Å². The summed E-state index contributed by atoms with van der Waals surface area (Å²) in [5.41, 5.74) is 0.941. The number of aromatic nitrogens is 1. The van der Waals surface area contributed by atoms with E-state index in [0.29, 0.717) is 5.76 Å². The lowest BCUT2D eigenvalue weighted by Crippen LogP contribution is -1.95. The first-order chi connectivity index (χ1) is 6.77.